The van der Waals surface area contributed by atoms with Gasteiger partial charge in [-0.3, -0.25) is 14.4 Å². The number of hydrogen-bond acceptors (Lipinski definition) is 7. The molecule has 0 unspecified atom stereocenters. The zero-order valence-corrected chi connectivity index (χ0v) is 29.9. The van der Waals surface area contributed by atoms with E-state index in [2.05, 4.69) is 17.3 Å². The Morgan fingerprint density at radius 2 is 1.48 bits per heavy atom. The van der Waals surface area contributed by atoms with E-state index in [-0.39, 0.29) is 53.1 Å². The number of anilines is 2. The highest BCUT2D eigenvalue weighted by Gasteiger charge is 2.21. The summed E-state index contributed by atoms with van der Waals surface area (Å²) >= 11 is 6.56. The van der Waals surface area contributed by atoms with Crippen LogP contribution in [0.3, 0.4) is 0 Å². The van der Waals surface area contributed by atoms with Crippen LogP contribution < -0.4 is 25.4 Å². The van der Waals surface area contributed by atoms with Gasteiger partial charge in [0.15, 0.2) is 0 Å². The maximum absolute atomic E-state index is 13.5. The Labute approximate surface area is 300 Å². The second-order valence-electron chi connectivity index (χ2n) is 11.3. The minimum atomic E-state index is -0.358. The van der Waals surface area contributed by atoms with Gasteiger partial charge in [-0.2, -0.15) is 0 Å². The van der Waals surface area contributed by atoms with Gasteiger partial charge in [-0.1, -0.05) is 35.9 Å². The van der Waals surface area contributed by atoms with Gasteiger partial charge in [0.2, 0.25) is 5.91 Å². The highest BCUT2D eigenvalue weighted by molar-refractivity contribution is 6.35. The third-order valence-electron chi connectivity index (χ3n) is 7.87. The maximum atomic E-state index is 13.5. The van der Waals surface area contributed by atoms with Crippen LogP contribution in [-0.2, 0) is 4.79 Å². The van der Waals surface area contributed by atoms with Crippen molar-refractivity contribution < 1.29 is 23.9 Å². The maximum Gasteiger partial charge on any atom is 0.259 e. The highest BCUT2D eigenvalue weighted by Crippen LogP contribution is 2.31. The van der Waals surface area contributed by atoms with Gasteiger partial charge in [-0.05, 0) is 81.7 Å². The van der Waals surface area contributed by atoms with Crippen LogP contribution >= 0.6 is 36.4 Å². The van der Waals surface area contributed by atoms with Crippen molar-refractivity contribution in [2.45, 2.75) is 32.1 Å². The molecule has 1 saturated heterocycles. The van der Waals surface area contributed by atoms with Crippen molar-refractivity contribution in [1.82, 2.24) is 9.80 Å². The van der Waals surface area contributed by atoms with E-state index in [1.165, 1.54) is 4.90 Å². The van der Waals surface area contributed by atoms with Crippen molar-refractivity contribution in [2.75, 3.05) is 70.2 Å². The Morgan fingerprint density at radius 1 is 0.833 bits per heavy atom. The molecule has 1 aliphatic rings. The lowest BCUT2D eigenvalue weighted by Gasteiger charge is -2.32. The first-order chi connectivity index (χ1) is 22.3. The molecule has 48 heavy (non-hydrogen) atoms. The van der Waals surface area contributed by atoms with Crippen LogP contribution in [0.4, 0.5) is 11.4 Å². The number of benzene rings is 3. The van der Waals surface area contributed by atoms with Crippen molar-refractivity contribution >= 4 is 65.5 Å². The Bertz CT molecular complexity index is 1490. The molecule has 0 spiro atoms. The standard InChI is InChI=1S/C35H44ClN5O5.2ClH/c1-39-19-21-41(22-20-39)33(42)15-4-3-9-23-46-32-14-8-6-12-30(32)40(2)35(44)27-17-16-26(25-29(27)36)38-34(43)28-11-5-7-13-31(28)45-24-10-18-37;;/h5-8,11-14,16-17,25H,3-4,9-10,15,18-24,37H2,1-2H3,(H,38,43);2*1H. The number of carbonyl (C=O) groups is 3. The molecule has 0 radical (unpaired) electrons. The molecular weight excluding hydrogens is 677 g/mol. The van der Waals surface area contributed by atoms with E-state index in [1.807, 2.05) is 29.2 Å². The number of ether oxygens (including phenoxy) is 2. The number of hydrogen-bond donors (Lipinski definition) is 2. The fourth-order valence-corrected chi connectivity index (χ4v) is 5.37. The number of carbonyl (C=O) groups excluding carboxylic acids is 3. The summed E-state index contributed by atoms with van der Waals surface area (Å²) < 4.78 is 11.8. The van der Waals surface area contributed by atoms with Gasteiger partial charge in [-0.15, -0.1) is 24.8 Å². The van der Waals surface area contributed by atoms with Crippen LogP contribution in [0.5, 0.6) is 11.5 Å². The number of nitrogens with zero attached hydrogens (tertiary/aromatic N) is 3. The molecule has 13 heteroatoms. The average molecular weight is 723 g/mol. The van der Waals surface area contributed by atoms with Crippen LogP contribution in [0.15, 0.2) is 66.7 Å². The lowest BCUT2D eigenvalue weighted by atomic mass is 10.1. The van der Waals surface area contributed by atoms with Gasteiger partial charge in [0.25, 0.3) is 11.8 Å². The molecule has 3 aromatic carbocycles. The van der Waals surface area contributed by atoms with Crippen LogP contribution in [0.25, 0.3) is 0 Å². The lowest BCUT2D eigenvalue weighted by molar-refractivity contribution is -0.132. The number of amides is 3. The minimum absolute atomic E-state index is 0. The molecule has 0 atom stereocenters. The molecule has 10 nitrogen and oxygen atoms in total. The molecule has 1 heterocycles. The van der Waals surface area contributed by atoms with Crippen molar-refractivity contribution in [2.24, 2.45) is 5.73 Å². The summed E-state index contributed by atoms with van der Waals surface area (Å²) in [6, 6.07) is 19.1. The van der Waals surface area contributed by atoms with E-state index >= 15 is 0 Å². The Morgan fingerprint density at radius 3 is 2.19 bits per heavy atom. The van der Waals surface area contributed by atoms with Crippen molar-refractivity contribution in [1.29, 1.82) is 0 Å². The number of halogens is 3. The van der Waals surface area contributed by atoms with E-state index in [0.29, 0.717) is 61.0 Å². The number of unbranched alkanes of at least 4 members (excludes halogenated alkanes) is 2. The second-order valence-corrected chi connectivity index (χ2v) is 11.7. The first-order valence-corrected chi connectivity index (χ1v) is 16.1. The van der Waals surface area contributed by atoms with Crippen LogP contribution in [0.2, 0.25) is 5.02 Å². The predicted molar refractivity (Wildman–Crippen MR) is 197 cm³/mol. The fraction of sp³-hybridized carbons (Fsp3) is 0.400. The molecule has 0 aromatic heterocycles. The summed E-state index contributed by atoms with van der Waals surface area (Å²) in [6.07, 6.45) is 3.72. The van der Waals surface area contributed by atoms with E-state index in [0.717, 1.165) is 45.4 Å². The van der Waals surface area contributed by atoms with E-state index in [1.54, 1.807) is 49.5 Å². The number of rotatable bonds is 15. The van der Waals surface area contributed by atoms with E-state index < -0.39 is 0 Å². The third-order valence-corrected chi connectivity index (χ3v) is 8.19. The van der Waals surface area contributed by atoms with Gasteiger partial charge in [0.1, 0.15) is 11.5 Å². The number of nitrogens with one attached hydrogen (secondary N) is 1. The first kappa shape index (κ1) is 40.6. The Kier molecular flexibility index (Phi) is 17.6. The molecule has 1 aliphatic heterocycles. The monoisotopic (exact) mass is 721 g/mol. The summed E-state index contributed by atoms with van der Waals surface area (Å²) in [5.74, 6) is 0.593. The minimum Gasteiger partial charge on any atom is -0.493 e. The molecule has 4 rings (SSSR count). The Hall–Kier alpha value is -3.54. The Balaban J connectivity index is 0.00000400. The van der Waals surface area contributed by atoms with Gasteiger partial charge in [0.05, 0.1) is 35.1 Å². The first-order valence-electron chi connectivity index (χ1n) is 15.8. The summed E-state index contributed by atoms with van der Waals surface area (Å²) in [5.41, 5.74) is 7.26. The van der Waals surface area contributed by atoms with E-state index in [4.69, 9.17) is 26.8 Å². The van der Waals surface area contributed by atoms with Crippen LogP contribution in [0.1, 0.15) is 52.8 Å². The summed E-state index contributed by atoms with van der Waals surface area (Å²) in [7, 11) is 3.75. The highest BCUT2D eigenvalue weighted by atomic mass is 35.5. The van der Waals surface area contributed by atoms with Crippen LogP contribution in [0, 0.1) is 0 Å². The molecule has 262 valence electrons. The quantitative estimate of drug-likeness (QED) is 0.181. The fourth-order valence-electron chi connectivity index (χ4n) is 5.11. The zero-order valence-electron chi connectivity index (χ0n) is 27.5. The number of likely N-dealkylation sites (N-methyl/N-ethyl adjacent to an activating group) is 1. The normalized spacial score (nSPS) is 12.7. The summed E-state index contributed by atoms with van der Waals surface area (Å²) in [4.78, 5) is 44.7. The SMILES string of the molecule is CN1CCN(C(=O)CCCCCOc2ccccc2N(C)C(=O)c2ccc(NC(=O)c3ccccc3OCCCN)cc2Cl)CC1.Cl.Cl. The van der Waals surface area contributed by atoms with E-state index in [9.17, 15) is 14.4 Å². The van der Waals surface area contributed by atoms with Crippen LogP contribution in [-0.4, -0.2) is 87.6 Å². The molecule has 0 bridgehead atoms. The topological polar surface area (TPSA) is 117 Å². The molecule has 1 fully saturated rings. The largest absolute Gasteiger partial charge is 0.493 e. The average Bonchev–Trinajstić information content (AvgIpc) is 3.06. The molecule has 0 aliphatic carbocycles. The molecule has 3 amide bonds. The molecule has 0 saturated carbocycles. The van der Waals surface area contributed by atoms with Gasteiger partial charge in [-0.25, -0.2) is 0 Å². The second kappa shape index (κ2) is 20.7. The number of para-hydroxylation sites is 3. The predicted octanol–water partition coefficient (Wildman–Crippen LogP) is 6.15. The van der Waals surface area contributed by atoms with Gasteiger partial charge >= 0.3 is 0 Å². The van der Waals surface area contributed by atoms with Gasteiger partial charge in [0, 0.05) is 45.3 Å². The number of nitrogens with two attached hydrogens (primary N) is 1. The van der Waals surface area contributed by atoms with Crippen molar-refractivity contribution in [3.8, 4) is 11.5 Å². The smallest absolute Gasteiger partial charge is 0.259 e. The van der Waals surface area contributed by atoms with Gasteiger partial charge < -0.3 is 35.2 Å². The van der Waals surface area contributed by atoms with Crippen molar-refractivity contribution in [3.63, 3.8) is 0 Å². The molecule has 3 N–H and O–H groups in total. The zero-order chi connectivity index (χ0) is 32.9. The van der Waals surface area contributed by atoms with Crippen molar-refractivity contribution in [3.05, 3.63) is 82.9 Å². The molecular formula is C35H46Cl3N5O5. The third kappa shape index (κ3) is 11.6. The summed E-state index contributed by atoms with van der Waals surface area (Å²) in [5, 5.41) is 3.03. The number of piperazine rings is 1. The summed E-state index contributed by atoms with van der Waals surface area (Å²) in [6.45, 7) is 4.82. The molecule has 3 aromatic rings. The lowest BCUT2D eigenvalue weighted by Crippen LogP contribution is -2.47.